The largest absolute Gasteiger partial charge is 0.573 e. The minimum Gasteiger partial charge on any atom is -0.406 e. The highest BCUT2D eigenvalue weighted by Crippen LogP contribution is 2.53. The Hall–Kier alpha value is -6.04. The van der Waals surface area contributed by atoms with E-state index in [1.165, 1.54) is 12.1 Å². The summed E-state index contributed by atoms with van der Waals surface area (Å²) in [5, 5.41) is 19.4. The van der Waals surface area contributed by atoms with Crippen molar-refractivity contribution in [2.45, 2.75) is 25.4 Å². The van der Waals surface area contributed by atoms with Crippen LogP contribution in [-0.4, -0.2) is 25.4 Å². The molecule has 4 aromatic rings. The zero-order chi connectivity index (χ0) is 36.8. The van der Waals surface area contributed by atoms with Crippen LogP contribution in [0.4, 0.5) is 52.7 Å². The number of fused-ring (bicyclic) bond motifs is 3. The van der Waals surface area contributed by atoms with Crippen LogP contribution in [-0.2, 0) is 0 Å². The van der Waals surface area contributed by atoms with Crippen LogP contribution in [0.5, 0.6) is 23.0 Å². The first-order valence-corrected chi connectivity index (χ1v) is 13.3. The van der Waals surface area contributed by atoms with Crippen LogP contribution >= 0.6 is 0 Å². The van der Waals surface area contributed by atoms with E-state index in [4.69, 9.17) is 0 Å². The second-order valence-corrected chi connectivity index (χ2v) is 10.0. The van der Waals surface area contributed by atoms with Gasteiger partial charge in [-0.05, 0) is 81.9 Å². The minimum absolute atomic E-state index is 0.0741. The molecule has 6 nitrogen and oxygen atoms in total. The molecule has 0 aliphatic heterocycles. The molecule has 0 radical (unpaired) electrons. The first kappa shape index (κ1) is 35.3. The van der Waals surface area contributed by atoms with Crippen LogP contribution in [0.3, 0.4) is 0 Å². The average molecular weight is 716 g/mol. The van der Waals surface area contributed by atoms with Crippen molar-refractivity contribution in [3.63, 3.8) is 0 Å². The van der Waals surface area contributed by atoms with Crippen LogP contribution in [0.1, 0.15) is 11.1 Å². The molecule has 50 heavy (non-hydrogen) atoms. The lowest BCUT2D eigenvalue weighted by Crippen LogP contribution is -2.18. The number of hydrogen-bond donors (Lipinski definition) is 0. The molecule has 0 atom stereocenters. The highest BCUT2D eigenvalue weighted by Gasteiger charge is 2.38. The number of alkyl halides is 12. The quantitative estimate of drug-likeness (QED) is 0.129. The number of ether oxygens (including phenoxy) is 4. The van der Waals surface area contributed by atoms with E-state index in [1.54, 1.807) is 0 Å². The van der Waals surface area contributed by atoms with Crippen LogP contribution < -0.4 is 18.9 Å². The third-order valence-electron chi connectivity index (χ3n) is 6.79. The van der Waals surface area contributed by atoms with Crippen LogP contribution in [0.15, 0.2) is 78.4 Å². The third-order valence-corrected chi connectivity index (χ3v) is 6.79. The van der Waals surface area contributed by atoms with Gasteiger partial charge < -0.3 is 18.9 Å². The summed E-state index contributed by atoms with van der Waals surface area (Å²) in [5.74, 6) is -3.38. The van der Waals surface area contributed by atoms with Crippen molar-refractivity contribution in [3.8, 4) is 68.5 Å². The smallest absolute Gasteiger partial charge is 0.406 e. The van der Waals surface area contributed by atoms with Crippen molar-refractivity contribution in [1.82, 2.24) is 0 Å². The van der Waals surface area contributed by atoms with Crippen molar-refractivity contribution in [2.24, 2.45) is 0 Å². The fraction of sp³-hybridized carbons (Fsp3) is 0.125. The molecule has 18 heteroatoms. The second-order valence-electron chi connectivity index (χ2n) is 10.0. The van der Waals surface area contributed by atoms with Gasteiger partial charge in [0.2, 0.25) is 0 Å². The molecule has 0 N–H and O–H groups in total. The van der Waals surface area contributed by atoms with Gasteiger partial charge in [0.1, 0.15) is 40.7 Å². The molecule has 5 rings (SSSR count). The van der Waals surface area contributed by atoms with Gasteiger partial charge in [0.15, 0.2) is 0 Å². The summed E-state index contributed by atoms with van der Waals surface area (Å²) >= 11 is 0. The van der Waals surface area contributed by atoms with Gasteiger partial charge in [0.25, 0.3) is 0 Å². The van der Waals surface area contributed by atoms with Crippen molar-refractivity contribution < 1.29 is 71.6 Å². The maximum absolute atomic E-state index is 13.6. The summed E-state index contributed by atoms with van der Waals surface area (Å²) in [7, 11) is 0. The van der Waals surface area contributed by atoms with E-state index < -0.39 is 70.7 Å². The zero-order valence-corrected chi connectivity index (χ0v) is 24.0. The van der Waals surface area contributed by atoms with E-state index in [9.17, 15) is 63.2 Å². The SMILES string of the molecule is N#CC(C#N)=C1c2cc(OC(F)(F)F)c(-c3ccc(OC(F)(F)F)cc3)cc2-c2cc(-c3ccc(OC(F)(F)F)cc3)c(OC(F)(F)F)cc21. The summed E-state index contributed by atoms with van der Waals surface area (Å²) in [6, 6.07) is 13.7. The minimum atomic E-state index is -5.35. The van der Waals surface area contributed by atoms with Crippen LogP contribution in [0.25, 0.3) is 39.0 Å². The topological polar surface area (TPSA) is 84.5 Å². The second kappa shape index (κ2) is 12.4. The molecular weight excluding hydrogens is 704 g/mol. The lowest BCUT2D eigenvalue weighted by atomic mass is 9.95. The van der Waals surface area contributed by atoms with E-state index in [2.05, 4.69) is 18.9 Å². The normalized spacial score (nSPS) is 12.7. The first-order valence-electron chi connectivity index (χ1n) is 13.3. The highest BCUT2D eigenvalue weighted by molar-refractivity contribution is 6.07. The number of benzene rings is 4. The molecule has 258 valence electrons. The van der Waals surface area contributed by atoms with E-state index in [-0.39, 0.29) is 33.4 Å². The van der Waals surface area contributed by atoms with Gasteiger partial charge >= 0.3 is 25.4 Å². The lowest BCUT2D eigenvalue weighted by Gasteiger charge is -2.17. The number of nitrogens with zero attached hydrogens (tertiary/aromatic N) is 2. The van der Waals surface area contributed by atoms with Gasteiger partial charge in [-0.2, -0.15) is 10.5 Å². The maximum atomic E-state index is 13.6. The van der Waals surface area contributed by atoms with Gasteiger partial charge in [0.05, 0.1) is 0 Å². The predicted molar refractivity (Wildman–Crippen MR) is 147 cm³/mol. The standard InChI is InChI=1S/C32H12F12N2O4/c33-29(34,35)47-18-5-1-15(2-6-18)20-9-22-23-10-21(16-3-7-19(8-4-16)48-30(36,37)38)27(50-32(42,43)44)12-25(23)28(17(13-45)14-46)24(22)11-26(20)49-31(39,40)41/h1-12H. The van der Waals surface area contributed by atoms with Crippen molar-refractivity contribution in [3.05, 3.63) is 89.5 Å². The van der Waals surface area contributed by atoms with Crippen molar-refractivity contribution in [2.75, 3.05) is 0 Å². The molecule has 1 aliphatic carbocycles. The molecule has 0 unspecified atom stereocenters. The molecule has 0 heterocycles. The van der Waals surface area contributed by atoms with Crippen LogP contribution in [0, 0.1) is 22.7 Å². The number of allylic oxidation sites excluding steroid dienone is 1. The molecular formula is C32H12F12N2O4. The predicted octanol–water partition coefficient (Wildman–Crippen LogP) is 10.4. The molecule has 0 saturated heterocycles. The van der Waals surface area contributed by atoms with E-state index in [1.807, 2.05) is 0 Å². The zero-order valence-electron chi connectivity index (χ0n) is 24.0. The first-order chi connectivity index (χ1) is 23.1. The molecule has 0 amide bonds. The summed E-state index contributed by atoms with van der Waals surface area (Å²) in [6.45, 7) is 0. The van der Waals surface area contributed by atoms with E-state index in [0.29, 0.717) is 0 Å². The molecule has 0 fully saturated rings. The Kier molecular flexibility index (Phi) is 8.78. The number of halogens is 12. The Labute approximate surface area is 271 Å². The summed E-state index contributed by atoms with van der Waals surface area (Å²) < 4.78 is 174. The van der Waals surface area contributed by atoms with Gasteiger partial charge in [-0.25, -0.2) is 0 Å². The fourth-order valence-electron chi connectivity index (χ4n) is 5.11. The van der Waals surface area contributed by atoms with Gasteiger partial charge in [-0.1, -0.05) is 24.3 Å². The number of nitriles is 2. The monoisotopic (exact) mass is 716 g/mol. The average Bonchev–Trinajstić information content (AvgIpc) is 3.27. The van der Waals surface area contributed by atoms with Crippen molar-refractivity contribution in [1.29, 1.82) is 10.5 Å². The van der Waals surface area contributed by atoms with Crippen LogP contribution in [0.2, 0.25) is 0 Å². The number of rotatable bonds is 6. The maximum Gasteiger partial charge on any atom is 0.573 e. The molecule has 4 aromatic carbocycles. The summed E-state index contributed by atoms with van der Waals surface area (Å²) in [5.41, 5.74) is -2.99. The molecule has 0 aromatic heterocycles. The lowest BCUT2D eigenvalue weighted by molar-refractivity contribution is -0.275. The Morgan fingerprint density at radius 1 is 0.420 bits per heavy atom. The number of hydrogen-bond acceptors (Lipinski definition) is 6. The molecule has 0 saturated carbocycles. The fourth-order valence-corrected chi connectivity index (χ4v) is 5.11. The summed E-state index contributed by atoms with van der Waals surface area (Å²) in [4.78, 5) is 0. The third kappa shape index (κ3) is 7.97. The molecule has 0 bridgehead atoms. The molecule has 0 spiro atoms. The Balaban J connectivity index is 1.78. The van der Waals surface area contributed by atoms with E-state index >= 15 is 0 Å². The molecule has 1 aliphatic rings. The van der Waals surface area contributed by atoms with Gasteiger partial charge in [0, 0.05) is 16.7 Å². The van der Waals surface area contributed by atoms with E-state index in [0.717, 1.165) is 72.8 Å². The Morgan fingerprint density at radius 2 is 0.740 bits per heavy atom. The summed E-state index contributed by atoms with van der Waals surface area (Å²) in [6.07, 6.45) is -20.9. The highest BCUT2D eigenvalue weighted by atomic mass is 19.4. The van der Waals surface area contributed by atoms with Gasteiger partial charge in [-0.3, -0.25) is 0 Å². The van der Waals surface area contributed by atoms with Gasteiger partial charge in [-0.15, -0.1) is 52.7 Å². The van der Waals surface area contributed by atoms with Crippen molar-refractivity contribution >= 4 is 5.57 Å². The Bertz CT molecular complexity index is 1920. The Morgan fingerprint density at radius 3 is 1.02 bits per heavy atom.